The van der Waals surface area contributed by atoms with Crippen molar-refractivity contribution < 1.29 is 27.1 Å². The van der Waals surface area contributed by atoms with Crippen LogP contribution in [0.15, 0.2) is 24.5 Å². The van der Waals surface area contributed by atoms with Crippen LogP contribution < -0.4 is 10.6 Å². The average Bonchev–Trinajstić information content (AvgIpc) is 2.84. The van der Waals surface area contributed by atoms with E-state index in [1.807, 2.05) is 0 Å². The number of likely N-dealkylation sites (tertiary alicyclic amines) is 1. The van der Waals surface area contributed by atoms with Gasteiger partial charge >= 0.3 is 6.18 Å². The number of aromatic nitrogens is 2. The minimum absolute atomic E-state index is 0.0540. The summed E-state index contributed by atoms with van der Waals surface area (Å²) in [5.41, 5.74) is -0.424. The number of fused-ring (bicyclic) bond motifs is 1. The highest BCUT2D eigenvalue weighted by Crippen LogP contribution is 2.42. The van der Waals surface area contributed by atoms with Gasteiger partial charge in [0.25, 0.3) is 0 Å². The molecule has 37 heavy (non-hydrogen) atoms. The van der Waals surface area contributed by atoms with Crippen LogP contribution in [0, 0.1) is 0 Å². The molecule has 3 heterocycles. The molecule has 0 atom stereocenters. The maximum Gasteiger partial charge on any atom is 0.416 e. The Hall–Kier alpha value is -2.19. The molecule has 0 radical (unpaired) electrons. The molecule has 1 aliphatic carbocycles. The van der Waals surface area contributed by atoms with Gasteiger partial charge in [0, 0.05) is 43.6 Å². The number of hydrogen-bond donors (Lipinski definition) is 4. The molecule has 3 fully saturated rings. The number of alkyl halides is 3. The first-order chi connectivity index (χ1) is 17.6. The van der Waals surface area contributed by atoms with Crippen molar-refractivity contribution in [2.75, 3.05) is 49.5 Å². The molecular weight excluding hydrogens is 509 g/mol. The summed E-state index contributed by atoms with van der Waals surface area (Å²) in [5, 5.41) is 6.06. The highest BCUT2D eigenvalue weighted by Gasteiger charge is 2.37. The van der Waals surface area contributed by atoms with Crippen LogP contribution in [0.3, 0.4) is 0 Å². The molecule has 2 saturated heterocycles. The van der Waals surface area contributed by atoms with Crippen molar-refractivity contribution in [1.29, 1.82) is 0 Å². The summed E-state index contributed by atoms with van der Waals surface area (Å²) in [6.45, 7) is 3.01. The lowest BCUT2D eigenvalue weighted by Crippen LogP contribution is -2.63. The number of anilines is 1. The number of halogens is 3. The summed E-state index contributed by atoms with van der Waals surface area (Å²) in [6, 6.07) is 4.34. The standard InChI is InChI=1S/C24H33F3N6O3S/c25-24(26,27)16-1-6-21-20(11-16)23(30-15-29-21)28-12-22(34)31-17-13-33(14-17)19-4-2-18(3-5-19)32-7-9-37(35,36)10-8-32/h1,6,11,15,17-19,35-36H,2-5,7-10,12-14H2,(H,31,34)(H,28,29,30). The number of hydrogen-bond acceptors (Lipinski definition) is 8. The van der Waals surface area contributed by atoms with Gasteiger partial charge in [-0.2, -0.15) is 23.8 Å². The maximum absolute atomic E-state index is 13.1. The third-order valence-electron chi connectivity index (χ3n) is 7.76. The van der Waals surface area contributed by atoms with Gasteiger partial charge in [0.15, 0.2) is 0 Å². The lowest BCUT2D eigenvalue weighted by Gasteiger charge is -2.49. The Morgan fingerprint density at radius 3 is 2.32 bits per heavy atom. The molecule has 5 rings (SSSR count). The van der Waals surface area contributed by atoms with Gasteiger partial charge in [0.2, 0.25) is 5.91 Å². The van der Waals surface area contributed by atoms with Crippen LogP contribution in [0.2, 0.25) is 0 Å². The van der Waals surface area contributed by atoms with Gasteiger partial charge in [0.1, 0.15) is 12.1 Å². The van der Waals surface area contributed by atoms with Gasteiger partial charge < -0.3 is 10.6 Å². The molecule has 9 nitrogen and oxygen atoms in total. The van der Waals surface area contributed by atoms with E-state index < -0.39 is 22.3 Å². The lowest BCUT2D eigenvalue weighted by molar-refractivity contribution is -0.137. The van der Waals surface area contributed by atoms with Crippen LogP contribution in [-0.2, 0) is 11.0 Å². The fourth-order valence-electron chi connectivity index (χ4n) is 5.61. The molecule has 2 aromatic rings. The van der Waals surface area contributed by atoms with E-state index >= 15 is 0 Å². The molecule has 1 aromatic carbocycles. The zero-order valence-electron chi connectivity index (χ0n) is 20.5. The van der Waals surface area contributed by atoms with Gasteiger partial charge in [-0.15, -0.1) is 0 Å². The Bertz CT molecular complexity index is 1110. The Morgan fingerprint density at radius 2 is 1.68 bits per heavy atom. The number of benzene rings is 1. The molecule has 3 aliphatic rings. The zero-order valence-corrected chi connectivity index (χ0v) is 21.3. The molecule has 0 spiro atoms. The highest BCUT2D eigenvalue weighted by atomic mass is 32.3. The van der Waals surface area contributed by atoms with E-state index in [4.69, 9.17) is 0 Å². The van der Waals surface area contributed by atoms with Crippen LogP contribution in [-0.4, -0.2) is 97.1 Å². The van der Waals surface area contributed by atoms with Crippen molar-refractivity contribution in [3.05, 3.63) is 30.1 Å². The molecule has 4 N–H and O–H groups in total. The third-order valence-corrected chi connectivity index (χ3v) is 9.44. The van der Waals surface area contributed by atoms with E-state index in [9.17, 15) is 27.1 Å². The fourth-order valence-corrected chi connectivity index (χ4v) is 6.87. The summed E-state index contributed by atoms with van der Waals surface area (Å²) in [7, 11) is -2.36. The Morgan fingerprint density at radius 1 is 1.03 bits per heavy atom. The number of carbonyl (C=O) groups is 1. The largest absolute Gasteiger partial charge is 0.416 e. The molecule has 13 heteroatoms. The van der Waals surface area contributed by atoms with Crippen LogP contribution in [0.5, 0.6) is 0 Å². The van der Waals surface area contributed by atoms with Crippen molar-refractivity contribution in [3.63, 3.8) is 0 Å². The van der Waals surface area contributed by atoms with E-state index in [0.717, 1.165) is 64.0 Å². The SMILES string of the molecule is O=C(CNc1ncnc2ccc(C(F)(F)F)cc12)NC1CN(C2CCC(N3CCS(O)(O)CC3)CC2)C1. The van der Waals surface area contributed by atoms with Gasteiger partial charge in [-0.3, -0.25) is 23.7 Å². The number of amides is 1. The summed E-state index contributed by atoms with van der Waals surface area (Å²) < 4.78 is 59.0. The number of nitrogens with one attached hydrogen (secondary N) is 2. The first kappa shape index (κ1) is 26.4. The summed E-state index contributed by atoms with van der Waals surface area (Å²) in [5.74, 6) is 0.925. The molecule has 0 bridgehead atoms. The van der Waals surface area contributed by atoms with Crippen LogP contribution in [0.4, 0.5) is 19.0 Å². The molecule has 1 aromatic heterocycles. The van der Waals surface area contributed by atoms with Crippen molar-refractivity contribution in [1.82, 2.24) is 25.1 Å². The van der Waals surface area contributed by atoms with Crippen molar-refractivity contribution in [3.8, 4) is 0 Å². The number of rotatable bonds is 6. The van der Waals surface area contributed by atoms with E-state index in [-0.39, 0.29) is 29.7 Å². The van der Waals surface area contributed by atoms with Gasteiger partial charge in [-0.1, -0.05) is 0 Å². The summed E-state index contributed by atoms with van der Waals surface area (Å²) >= 11 is 0. The van der Waals surface area contributed by atoms with Crippen LogP contribution in [0.25, 0.3) is 10.9 Å². The number of nitrogens with zero attached hydrogens (tertiary/aromatic N) is 4. The Balaban J connectivity index is 1.05. The fraction of sp³-hybridized carbons (Fsp3) is 0.625. The smallest absolute Gasteiger partial charge is 0.360 e. The molecule has 204 valence electrons. The minimum Gasteiger partial charge on any atom is -0.360 e. The van der Waals surface area contributed by atoms with Crippen molar-refractivity contribution >= 4 is 33.2 Å². The second-order valence-electron chi connectivity index (χ2n) is 10.2. The van der Waals surface area contributed by atoms with Gasteiger partial charge in [-0.05, 0) is 43.9 Å². The van der Waals surface area contributed by atoms with Crippen molar-refractivity contribution in [2.45, 2.75) is 50.0 Å². The van der Waals surface area contributed by atoms with E-state index in [2.05, 4.69) is 30.4 Å². The molecule has 2 aliphatic heterocycles. The van der Waals surface area contributed by atoms with E-state index in [1.165, 1.54) is 12.4 Å². The second kappa shape index (κ2) is 10.5. The average molecular weight is 543 g/mol. The third kappa shape index (κ3) is 6.28. The molecule has 0 unspecified atom stereocenters. The topological polar surface area (TPSA) is 114 Å². The monoisotopic (exact) mass is 542 g/mol. The predicted molar refractivity (Wildman–Crippen MR) is 137 cm³/mol. The molecule has 1 amide bonds. The van der Waals surface area contributed by atoms with E-state index in [0.29, 0.717) is 29.1 Å². The summed E-state index contributed by atoms with van der Waals surface area (Å²) in [6.07, 6.45) is 1.18. The second-order valence-corrected chi connectivity index (χ2v) is 12.7. The number of carbonyl (C=O) groups excluding carboxylic acids is 1. The summed E-state index contributed by atoms with van der Waals surface area (Å²) in [4.78, 5) is 25.3. The molecule has 1 saturated carbocycles. The first-order valence-electron chi connectivity index (χ1n) is 12.6. The van der Waals surface area contributed by atoms with Crippen LogP contribution >= 0.6 is 10.6 Å². The maximum atomic E-state index is 13.1. The first-order valence-corrected chi connectivity index (χ1v) is 14.5. The normalized spacial score (nSPS) is 26.4. The minimum atomic E-state index is -4.48. The zero-order chi connectivity index (χ0) is 26.2. The quantitative estimate of drug-likeness (QED) is 0.440. The van der Waals surface area contributed by atoms with Gasteiger partial charge in [-0.25, -0.2) is 9.97 Å². The molecular formula is C24H33F3N6O3S. The Kier molecular flexibility index (Phi) is 7.51. The van der Waals surface area contributed by atoms with E-state index in [1.54, 1.807) is 0 Å². The Labute approximate surface area is 215 Å². The predicted octanol–water partition coefficient (Wildman–Crippen LogP) is 3.24. The van der Waals surface area contributed by atoms with Crippen molar-refractivity contribution in [2.24, 2.45) is 0 Å². The lowest BCUT2D eigenvalue weighted by atomic mass is 9.87. The van der Waals surface area contributed by atoms with Crippen LogP contribution in [0.1, 0.15) is 31.2 Å². The highest BCUT2D eigenvalue weighted by molar-refractivity contribution is 8.24. The van der Waals surface area contributed by atoms with Gasteiger partial charge in [0.05, 0.1) is 35.2 Å².